The summed E-state index contributed by atoms with van der Waals surface area (Å²) >= 11 is 0. The third-order valence-corrected chi connectivity index (χ3v) is 9.70. The molecule has 0 aromatic rings. The Morgan fingerprint density at radius 1 is 0.870 bits per heavy atom. The van der Waals surface area contributed by atoms with Gasteiger partial charge in [0.1, 0.15) is 0 Å². The second-order valence-corrected chi connectivity index (χ2v) is 12.4. The number of hydrogen-bond donors (Lipinski definition) is 1. The van der Waals surface area contributed by atoms with E-state index in [-0.39, 0.29) is 0 Å². The lowest BCUT2D eigenvalue weighted by molar-refractivity contribution is -0.189. The highest BCUT2D eigenvalue weighted by Gasteiger charge is 2.34. The van der Waals surface area contributed by atoms with Gasteiger partial charge in [0.25, 0.3) is 0 Å². The second kappa shape index (κ2) is 15.8. The van der Waals surface area contributed by atoms with Gasteiger partial charge in [0, 0.05) is 7.26 Å². The zero-order valence-electron chi connectivity index (χ0n) is 15.9. The zero-order valence-corrected chi connectivity index (χ0v) is 17.7. The molecule has 0 amide bonds. The highest BCUT2D eigenvalue weighted by atomic mass is 31.2. The van der Waals surface area contributed by atoms with Gasteiger partial charge in [0.15, 0.2) is 7.60 Å². The van der Waals surface area contributed by atoms with Crippen LogP contribution < -0.4 is 4.89 Å². The standard InChI is InChI=1S/C16H36P.C2H5O3P/c1-5-9-13-17(14-10-6-2,15-11-7-3)16-12-8-4;1-2-6(3,4)5/h5-16H2,1-4H3;2H,1H2,(H2,3,4,5)/q+1;/p-1. The Kier molecular flexibility index (Phi) is 17.6. The van der Waals surface area contributed by atoms with Crippen LogP contribution in [0.2, 0.25) is 0 Å². The molecule has 0 aromatic heterocycles. The van der Waals surface area contributed by atoms with Gasteiger partial charge >= 0.3 is 0 Å². The third kappa shape index (κ3) is 16.9. The van der Waals surface area contributed by atoms with Gasteiger partial charge in [-0.2, -0.15) is 0 Å². The van der Waals surface area contributed by atoms with Crippen molar-refractivity contribution < 1.29 is 14.4 Å². The first-order valence-electron chi connectivity index (χ1n) is 9.32. The molecule has 3 nitrogen and oxygen atoms in total. The maximum Gasteiger partial charge on any atom is 0.154 e. The van der Waals surface area contributed by atoms with Crippen LogP contribution in [0.4, 0.5) is 0 Å². The molecule has 5 heteroatoms. The Labute approximate surface area is 145 Å². The molecule has 0 fully saturated rings. The smallest absolute Gasteiger partial charge is 0.154 e. The normalized spacial score (nSPS) is 13.8. The first kappa shape index (κ1) is 25.6. The molecule has 1 N–H and O–H groups in total. The van der Waals surface area contributed by atoms with Crippen LogP contribution in [-0.2, 0) is 4.57 Å². The quantitative estimate of drug-likeness (QED) is 0.414. The van der Waals surface area contributed by atoms with Gasteiger partial charge in [0.05, 0.1) is 24.6 Å². The van der Waals surface area contributed by atoms with Crippen LogP contribution >= 0.6 is 14.9 Å². The maximum absolute atomic E-state index is 9.47. The zero-order chi connectivity index (χ0) is 18.2. The van der Waals surface area contributed by atoms with E-state index in [1.54, 1.807) is 24.6 Å². The van der Waals surface area contributed by atoms with Crippen molar-refractivity contribution in [2.45, 2.75) is 79.1 Å². The number of unbranched alkanes of at least 4 members (excludes halogenated alkanes) is 4. The molecule has 0 saturated carbocycles. The van der Waals surface area contributed by atoms with E-state index < -0.39 is 14.9 Å². The van der Waals surface area contributed by atoms with E-state index in [1.165, 1.54) is 51.4 Å². The van der Waals surface area contributed by atoms with Crippen molar-refractivity contribution in [1.82, 2.24) is 0 Å². The van der Waals surface area contributed by atoms with Crippen molar-refractivity contribution >= 4 is 14.9 Å². The lowest BCUT2D eigenvalue weighted by Gasteiger charge is -2.28. The molecule has 0 aromatic carbocycles. The summed E-state index contributed by atoms with van der Waals surface area (Å²) in [6.45, 7) is 12.2. The van der Waals surface area contributed by atoms with Gasteiger partial charge in [-0.1, -0.05) is 60.0 Å². The Hall–Kier alpha value is 0.320. The van der Waals surface area contributed by atoms with Crippen LogP contribution in [0.5, 0.6) is 0 Å². The van der Waals surface area contributed by atoms with Crippen molar-refractivity contribution in [3.63, 3.8) is 0 Å². The van der Waals surface area contributed by atoms with Crippen molar-refractivity contribution in [3.05, 3.63) is 12.4 Å². The highest BCUT2D eigenvalue weighted by molar-refractivity contribution is 7.75. The second-order valence-electron chi connectivity index (χ2n) is 6.40. The third-order valence-electron chi connectivity index (χ3n) is 4.17. The Morgan fingerprint density at radius 2 is 1.09 bits per heavy atom. The van der Waals surface area contributed by atoms with Crippen molar-refractivity contribution in [2.75, 3.05) is 24.6 Å². The van der Waals surface area contributed by atoms with E-state index in [0.717, 1.165) is 0 Å². The van der Waals surface area contributed by atoms with Crippen LogP contribution in [0.3, 0.4) is 0 Å². The topological polar surface area (TPSA) is 60.4 Å². The lowest BCUT2D eigenvalue weighted by atomic mass is 10.4. The summed E-state index contributed by atoms with van der Waals surface area (Å²) in [4.78, 5) is 17.2. The van der Waals surface area contributed by atoms with E-state index in [4.69, 9.17) is 4.89 Å². The first-order chi connectivity index (χ1) is 10.8. The summed E-state index contributed by atoms with van der Waals surface area (Å²) in [6, 6.07) is 0. The number of rotatable bonds is 13. The van der Waals surface area contributed by atoms with Gasteiger partial charge in [-0.15, -0.1) is 0 Å². The highest BCUT2D eigenvalue weighted by Crippen LogP contribution is 2.61. The molecular formula is C18H40O3P2. The SMILES string of the molecule is C=CP(=O)([O-])O.CCCC[P+](CCCC)(CCCC)CCCC. The molecule has 0 aliphatic heterocycles. The number of hydrogen-bond acceptors (Lipinski definition) is 2. The largest absolute Gasteiger partial charge is 0.776 e. The van der Waals surface area contributed by atoms with Gasteiger partial charge < -0.3 is 14.4 Å². The fourth-order valence-electron chi connectivity index (χ4n) is 2.64. The Morgan fingerprint density at radius 3 is 1.22 bits per heavy atom. The molecule has 0 aliphatic carbocycles. The van der Waals surface area contributed by atoms with E-state index >= 15 is 0 Å². The first-order valence-corrected chi connectivity index (χ1v) is 13.5. The molecule has 0 bridgehead atoms. The molecule has 0 saturated heterocycles. The van der Waals surface area contributed by atoms with Gasteiger partial charge in [-0.05, 0) is 31.5 Å². The van der Waals surface area contributed by atoms with E-state index in [2.05, 4.69) is 34.3 Å². The average Bonchev–Trinajstić information content (AvgIpc) is 2.53. The Balaban J connectivity index is 0. The van der Waals surface area contributed by atoms with Crippen molar-refractivity contribution in [2.24, 2.45) is 0 Å². The summed E-state index contributed by atoms with van der Waals surface area (Å²) in [7, 11) is -4.69. The molecule has 0 heterocycles. The molecular weight excluding hydrogens is 326 g/mol. The molecule has 1 unspecified atom stereocenters. The molecule has 0 spiro atoms. The minimum absolute atomic E-state index is 0.493. The van der Waals surface area contributed by atoms with Gasteiger partial charge in [0.2, 0.25) is 0 Å². The summed E-state index contributed by atoms with van der Waals surface area (Å²) in [5.41, 5.74) is 0. The minimum atomic E-state index is -4.13. The summed E-state index contributed by atoms with van der Waals surface area (Å²) in [6.07, 6.45) is 17.9. The van der Waals surface area contributed by atoms with Crippen molar-refractivity contribution in [1.29, 1.82) is 0 Å². The van der Waals surface area contributed by atoms with Gasteiger partial charge in [-0.3, -0.25) is 0 Å². The molecule has 0 aliphatic rings. The van der Waals surface area contributed by atoms with Crippen LogP contribution in [0.1, 0.15) is 79.1 Å². The summed E-state index contributed by atoms with van der Waals surface area (Å²) in [5.74, 6) is 0.493. The van der Waals surface area contributed by atoms with Crippen molar-refractivity contribution in [3.8, 4) is 0 Å². The molecule has 0 radical (unpaired) electrons. The van der Waals surface area contributed by atoms with Crippen LogP contribution in [0.25, 0.3) is 0 Å². The average molecular weight is 366 g/mol. The molecule has 23 heavy (non-hydrogen) atoms. The minimum Gasteiger partial charge on any atom is -0.776 e. The van der Waals surface area contributed by atoms with Crippen LogP contribution in [0.15, 0.2) is 12.4 Å². The van der Waals surface area contributed by atoms with Crippen LogP contribution in [0, 0.1) is 0 Å². The molecule has 0 rings (SSSR count). The summed E-state index contributed by atoms with van der Waals surface area (Å²) < 4.78 is 9.47. The van der Waals surface area contributed by atoms with Gasteiger partial charge in [-0.25, -0.2) is 0 Å². The predicted octanol–water partition coefficient (Wildman–Crippen LogP) is 5.88. The van der Waals surface area contributed by atoms with E-state index in [9.17, 15) is 9.46 Å². The van der Waals surface area contributed by atoms with E-state index in [1.807, 2.05) is 0 Å². The predicted molar refractivity (Wildman–Crippen MR) is 106 cm³/mol. The van der Waals surface area contributed by atoms with Crippen LogP contribution in [-0.4, -0.2) is 29.5 Å². The maximum atomic E-state index is 9.47. The fraction of sp³-hybridized carbons (Fsp3) is 0.889. The fourth-order valence-corrected chi connectivity index (χ4v) is 7.93. The van der Waals surface area contributed by atoms with E-state index in [0.29, 0.717) is 5.82 Å². The monoisotopic (exact) mass is 366 g/mol. The summed E-state index contributed by atoms with van der Waals surface area (Å²) in [5, 5.41) is 0. The molecule has 140 valence electrons. The lowest BCUT2D eigenvalue weighted by Crippen LogP contribution is -2.12. The Bertz CT molecular complexity index is 276. The molecule has 1 atom stereocenters.